The summed E-state index contributed by atoms with van der Waals surface area (Å²) in [4.78, 5) is 19.1. The Balaban J connectivity index is 1.49. The fourth-order valence-corrected chi connectivity index (χ4v) is 4.89. The molecule has 0 spiro atoms. The smallest absolute Gasteiger partial charge is 0.273 e. The number of carbonyl (C=O) groups is 1. The van der Waals surface area contributed by atoms with E-state index >= 15 is 0 Å². The molecule has 0 atom stereocenters. The highest BCUT2D eigenvalue weighted by Gasteiger charge is 2.31. The van der Waals surface area contributed by atoms with E-state index in [1.54, 1.807) is 23.2 Å². The van der Waals surface area contributed by atoms with Crippen molar-refractivity contribution in [3.8, 4) is 5.75 Å². The van der Waals surface area contributed by atoms with Crippen LogP contribution in [-0.2, 0) is 10.0 Å². The maximum absolute atomic E-state index is 13.0. The van der Waals surface area contributed by atoms with E-state index in [9.17, 15) is 13.2 Å². The number of amides is 1. The Kier molecular flexibility index (Phi) is 5.21. The predicted molar refractivity (Wildman–Crippen MR) is 109 cm³/mol. The molecule has 0 saturated carbocycles. The van der Waals surface area contributed by atoms with E-state index in [-0.39, 0.29) is 23.9 Å². The number of ether oxygens (including phenoxy) is 1. The number of fused-ring (bicyclic) bond motifs is 1. The second-order valence-corrected chi connectivity index (χ2v) is 8.69. The molecule has 0 unspecified atom stereocenters. The van der Waals surface area contributed by atoms with Gasteiger partial charge >= 0.3 is 0 Å². The first-order chi connectivity index (χ1) is 14.0. The molecule has 0 bridgehead atoms. The maximum Gasteiger partial charge on any atom is 0.273 e. The SMILES string of the molecule is COc1ccc(S(=O)(=O)N2CCN(C(=O)c3nccc4ccccc34)CC2)cc1. The lowest BCUT2D eigenvalue weighted by Gasteiger charge is -2.34. The Hall–Kier alpha value is -2.97. The Morgan fingerprint density at radius 3 is 2.34 bits per heavy atom. The fourth-order valence-electron chi connectivity index (χ4n) is 3.47. The van der Waals surface area contributed by atoms with Gasteiger partial charge in [-0.2, -0.15) is 4.31 Å². The minimum absolute atomic E-state index is 0.178. The molecule has 1 aliphatic rings. The van der Waals surface area contributed by atoms with Crippen LogP contribution in [0.4, 0.5) is 0 Å². The van der Waals surface area contributed by atoms with Gasteiger partial charge in [0.25, 0.3) is 5.91 Å². The Morgan fingerprint density at radius 2 is 1.66 bits per heavy atom. The average molecular weight is 411 g/mol. The summed E-state index contributed by atoms with van der Waals surface area (Å²) in [6, 6.07) is 15.8. The summed E-state index contributed by atoms with van der Waals surface area (Å²) in [6.07, 6.45) is 1.62. The van der Waals surface area contributed by atoms with Crippen molar-refractivity contribution in [2.24, 2.45) is 0 Å². The lowest BCUT2D eigenvalue weighted by Crippen LogP contribution is -2.50. The number of sulfonamides is 1. The molecule has 1 aromatic heterocycles. The highest BCUT2D eigenvalue weighted by atomic mass is 32.2. The van der Waals surface area contributed by atoms with Crippen molar-refractivity contribution in [1.29, 1.82) is 0 Å². The third-order valence-corrected chi connectivity index (χ3v) is 7.01. The summed E-state index contributed by atoms with van der Waals surface area (Å²) in [7, 11) is -2.08. The number of methoxy groups -OCH3 is 1. The van der Waals surface area contributed by atoms with Crippen molar-refractivity contribution >= 4 is 26.7 Å². The van der Waals surface area contributed by atoms with Gasteiger partial charge in [0, 0.05) is 37.8 Å². The van der Waals surface area contributed by atoms with E-state index in [0.717, 1.165) is 10.8 Å². The number of hydrogen-bond donors (Lipinski definition) is 0. The molecular weight excluding hydrogens is 390 g/mol. The molecule has 29 heavy (non-hydrogen) atoms. The minimum atomic E-state index is -3.61. The molecular formula is C21H21N3O4S. The summed E-state index contributed by atoms with van der Waals surface area (Å²) < 4.78 is 32.2. The molecule has 3 aromatic rings. The van der Waals surface area contributed by atoms with Gasteiger partial charge in [0.2, 0.25) is 10.0 Å². The maximum atomic E-state index is 13.0. The number of carbonyl (C=O) groups excluding carboxylic acids is 1. The standard InChI is InChI=1S/C21H21N3O4S/c1-28-17-6-8-18(9-7-17)29(26,27)24-14-12-23(13-15-24)21(25)20-19-5-3-2-4-16(19)10-11-22-20/h2-11H,12-15H2,1H3. The average Bonchev–Trinajstić information content (AvgIpc) is 2.78. The van der Waals surface area contributed by atoms with Gasteiger partial charge in [-0.15, -0.1) is 0 Å². The monoisotopic (exact) mass is 411 g/mol. The molecule has 0 N–H and O–H groups in total. The summed E-state index contributed by atoms with van der Waals surface area (Å²) in [5.41, 5.74) is 0.398. The van der Waals surface area contributed by atoms with Crippen LogP contribution in [0, 0.1) is 0 Å². The summed E-state index contributed by atoms with van der Waals surface area (Å²) >= 11 is 0. The molecule has 4 rings (SSSR count). The van der Waals surface area contributed by atoms with E-state index in [4.69, 9.17) is 4.74 Å². The number of nitrogens with zero attached hydrogens (tertiary/aromatic N) is 3. The van der Waals surface area contributed by atoms with Crippen LogP contribution >= 0.6 is 0 Å². The number of piperazine rings is 1. The zero-order valence-electron chi connectivity index (χ0n) is 16.0. The van der Waals surface area contributed by atoms with Gasteiger partial charge in [-0.1, -0.05) is 24.3 Å². The first-order valence-electron chi connectivity index (χ1n) is 9.28. The van der Waals surface area contributed by atoms with Gasteiger partial charge in [0.1, 0.15) is 11.4 Å². The normalized spacial score (nSPS) is 15.4. The molecule has 1 aliphatic heterocycles. The minimum Gasteiger partial charge on any atom is -0.497 e. The van der Waals surface area contributed by atoms with Crippen LogP contribution in [0.1, 0.15) is 10.5 Å². The van der Waals surface area contributed by atoms with Crippen molar-refractivity contribution in [1.82, 2.24) is 14.2 Å². The molecule has 1 amide bonds. The topological polar surface area (TPSA) is 79.8 Å². The second-order valence-electron chi connectivity index (χ2n) is 6.75. The third kappa shape index (κ3) is 3.68. The molecule has 8 heteroatoms. The number of hydrogen-bond acceptors (Lipinski definition) is 5. The molecule has 150 valence electrons. The van der Waals surface area contributed by atoms with Crippen LogP contribution in [-0.4, -0.2) is 61.8 Å². The summed E-state index contributed by atoms with van der Waals surface area (Å²) in [5.74, 6) is 0.422. The van der Waals surface area contributed by atoms with Crippen molar-refractivity contribution in [3.63, 3.8) is 0 Å². The Labute approximate surface area is 169 Å². The van der Waals surface area contributed by atoms with Crippen LogP contribution in [0.15, 0.2) is 65.7 Å². The van der Waals surface area contributed by atoms with Crippen molar-refractivity contribution < 1.29 is 17.9 Å². The number of pyridine rings is 1. The Morgan fingerprint density at radius 1 is 0.966 bits per heavy atom. The van der Waals surface area contributed by atoms with Crippen LogP contribution in [0.25, 0.3) is 10.8 Å². The van der Waals surface area contributed by atoms with E-state index in [1.165, 1.54) is 23.5 Å². The zero-order chi connectivity index (χ0) is 20.4. The number of benzene rings is 2. The van der Waals surface area contributed by atoms with Gasteiger partial charge in [0.05, 0.1) is 12.0 Å². The number of rotatable bonds is 4. The summed E-state index contributed by atoms with van der Waals surface area (Å²) in [5, 5.41) is 1.75. The lowest BCUT2D eigenvalue weighted by molar-refractivity contribution is 0.0694. The quantitative estimate of drug-likeness (QED) is 0.659. The van der Waals surface area contributed by atoms with Gasteiger partial charge in [-0.3, -0.25) is 9.78 Å². The zero-order valence-corrected chi connectivity index (χ0v) is 16.8. The van der Waals surface area contributed by atoms with Crippen LogP contribution < -0.4 is 4.74 Å². The molecule has 2 aromatic carbocycles. The van der Waals surface area contributed by atoms with Gasteiger partial charge in [-0.25, -0.2) is 8.42 Å². The Bertz CT molecular complexity index is 1130. The molecule has 7 nitrogen and oxygen atoms in total. The van der Waals surface area contributed by atoms with E-state index in [0.29, 0.717) is 24.5 Å². The number of aromatic nitrogens is 1. The van der Waals surface area contributed by atoms with Crippen molar-refractivity contribution in [3.05, 3.63) is 66.5 Å². The highest BCUT2D eigenvalue weighted by Crippen LogP contribution is 2.22. The van der Waals surface area contributed by atoms with Crippen LogP contribution in [0.3, 0.4) is 0 Å². The predicted octanol–water partition coefficient (Wildman–Crippen LogP) is 2.39. The third-order valence-electron chi connectivity index (χ3n) is 5.10. The molecule has 0 aliphatic carbocycles. The van der Waals surface area contributed by atoms with Gasteiger partial charge in [0.15, 0.2) is 0 Å². The van der Waals surface area contributed by atoms with Crippen LogP contribution in [0.2, 0.25) is 0 Å². The van der Waals surface area contributed by atoms with Gasteiger partial charge < -0.3 is 9.64 Å². The molecule has 1 saturated heterocycles. The van der Waals surface area contributed by atoms with Crippen LogP contribution in [0.5, 0.6) is 5.75 Å². The first-order valence-corrected chi connectivity index (χ1v) is 10.7. The lowest BCUT2D eigenvalue weighted by atomic mass is 10.1. The van der Waals surface area contributed by atoms with E-state index < -0.39 is 10.0 Å². The highest BCUT2D eigenvalue weighted by molar-refractivity contribution is 7.89. The second kappa shape index (κ2) is 7.81. The molecule has 0 radical (unpaired) electrons. The summed E-state index contributed by atoms with van der Waals surface area (Å²) in [6.45, 7) is 1.12. The first kappa shape index (κ1) is 19.4. The van der Waals surface area contributed by atoms with Gasteiger partial charge in [-0.05, 0) is 35.7 Å². The fraction of sp³-hybridized carbons (Fsp3) is 0.238. The molecule has 1 fully saturated rings. The van der Waals surface area contributed by atoms with Crippen molar-refractivity contribution in [2.45, 2.75) is 4.90 Å². The van der Waals surface area contributed by atoms with Crippen molar-refractivity contribution in [2.75, 3.05) is 33.3 Å². The largest absolute Gasteiger partial charge is 0.497 e. The van der Waals surface area contributed by atoms with E-state index in [2.05, 4.69) is 4.98 Å². The molecule has 2 heterocycles. The van der Waals surface area contributed by atoms with E-state index in [1.807, 2.05) is 30.3 Å².